The summed E-state index contributed by atoms with van der Waals surface area (Å²) in [5, 5.41) is 17.9. The number of hydrogen-bond donors (Lipinski definition) is 1. The Bertz CT molecular complexity index is 434. The maximum Gasteiger partial charge on any atom is 0.136 e. The van der Waals surface area contributed by atoms with Crippen LogP contribution in [0.2, 0.25) is 0 Å². The van der Waals surface area contributed by atoms with Crippen molar-refractivity contribution in [2.24, 2.45) is 5.92 Å². The molecule has 1 N–H and O–H groups in total. The molecule has 90 valence electrons. The zero-order valence-corrected chi connectivity index (χ0v) is 9.89. The summed E-state index contributed by atoms with van der Waals surface area (Å²) in [6.07, 6.45) is 0. The summed E-state index contributed by atoms with van der Waals surface area (Å²) in [6.45, 7) is 2.96. The number of benzene rings is 1. The van der Waals surface area contributed by atoms with Crippen LogP contribution < -0.4 is 4.74 Å². The molecule has 0 radical (unpaired) electrons. The number of aliphatic hydroxyl groups excluding tert-OH is 1. The Kier molecular flexibility index (Phi) is 3.62. The molecule has 0 saturated carbocycles. The lowest BCUT2D eigenvalue weighted by atomic mass is 10.00. The first kappa shape index (κ1) is 11.9. The summed E-state index contributed by atoms with van der Waals surface area (Å²) < 4.78 is 5.10. The fourth-order valence-corrected chi connectivity index (χ4v) is 2.12. The van der Waals surface area contributed by atoms with E-state index in [-0.39, 0.29) is 6.61 Å². The molecule has 17 heavy (non-hydrogen) atoms. The maximum absolute atomic E-state index is 8.98. The third-order valence-corrected chi connectivity index (χ3v) is 3.08. The number of hydrogen-bond acceptors (Lipinski definition) is 4. The van der Waals surface area contributed by atoms with Gasteiger partial charge in [-0.3, -0.25) is 4.90 Å². The van der Waals surface area contributed by atoms with E-state index in [4.69, 9.17) is 15.1 Å². The molecule has 1 aromatic carbocycles. The highest BCUT2D eigenvalue weighted by atomic mass is 16.5. The van der Waals surface area contributed by atoms with Crippen LogP contribution in [-0.4, -0.2) is 36.8 Å². The largest absolute Gasteiger partial charge is 0.495 e. The predicted molar refractivity (Wildman–Crippen MR) is 63.6 cm³/mol. The molecule has 4 nitrogen and oxygen atoms in total. The first-order valence-corrected chi connectivity index (χ1v) is 5.67. The van der Waals surface area contributed by atoms with E-state index in [0.29, 0.717) is 17.2 Å². The lowest BCUT2D eigenvalue weighted by Gasteiger charge is -2.38. The molecular weight excluding hydrogens is 216 g/mol. The van der Waals surface area contributed by atoms with Crippen LogP contribution in [-0.2, 0) is 6.54 Å². The van der Waals surface area contributed by atoms with E-state index in [2.05, 4.69) is 11.0 Å². The van der Waals surface area contributed by atoms with E-state index >= 15 is 0 Å². The van der Waals surface area contributed by atoms with E-state index in [1.54, 1.807) is 7.11 Å². The zero-order chi connectivity index (χ0) is 12.3. The van der Waals surface area contributed by atoms with Crippen molar-refractivity contribution in [3.8, 4) is 11.8 Å². The number of aliphatic hydroxyl groups is 1. The van der Waals surface area contributed by atoms with Crippen LogP contribution in [0.4, 0.5) is 0 Å². The fourth-order valence-electron chi connectivity index (χ4n) is 2.12. The summed E-state index contributed by atoms with van der Waals surface area (Å²) in [4.78, 5) is 2.25. The van der Waals surface area contributed by atoms with Crippen molar-refractivity contribution in [1.29, 1.82) is 5.26 Å². The Morgan fingerprint density at radius 2 is 2.29 bits per heavy atom. The number of nitriles is 1. The molecule has 2 rings (SSSR count). The van der Waals surface area contributed by atoms with Gasteiger partial charge in [0.1, 0.15) is 11.8 Å². The molecule has 1 saturated heterocycles. The summed E-state index contributed by atoms with van der Waals surface area (Å²) in [5.41, 5.74) is 1.68. The number of likely N-dealkylation sites (tertiary alicyclic amines) is 1. The highest BCUT2D eigenvalue weighted by Gasteiger charge is 2.25. The second kappa shape index (κ2) is 5.17. The SMILES string of the molecule is COc1ccc(CN2CC(CO)C2)cc1C#N. The van der Waals surface area contributed by atoms with Gasteiger partial charge in [0.25, 0.3) is 0 Å². The molecule has 1 heterocycles. The van der Waals surface area contributed by atoms with Gasteiger partial charge in [0.2, 0.25) is 0 Å². The second-order valence-corrected chi connectivity index (χ2v) is 4.39. The smallest absolute Gasteiger partial charge is 0.136 e. The van der Waals surface area contributed by atoms with Crippen LogP contribution in [0.5, 0.6) is 5.75 Å². The van der Waals surface area contributed by atoms with Gasteiger partial charge < -0.3 is 9.84 Å². The van der Waals surface area contributed by atoms with Gasteiger partial charge in [-0.1, -0.05) is 6.07 Å². The van der Waals surface area contributed by atoms with Gasteiger partial charge in [-0.2, -0.15) is 5.26 Å². The zero-order valence-electron chi connectivity index (χ0n) is 9.89. The van der Waals surface area contributed by atoms with Crippen LogP contribution in [0.15, 0.2) is 18.2 Å². The third-order valence-electron chi connectivity index (χ3n) is 3.08. The van der Waals surface area contributed by atoms with Gasteiger partial charge in [0, 0.05) is 32.2 Å². The molecule has 0 amide bonds. The number of methoxy groups -OCH3 is 1. The van der Waals surface area contributed by atoms with E-state index in [1.807, 2.05) is 18.2 Å². The molecule has 1 aromatic rings. The summed E-state index contributed by atoms with van der Waals surface area (Å²) >= 11 is 0. The van der Waals surface area contributed by atoms with Crippen LogP contribution >= 0.6 is 0 Å². The van der Waals surface area contributed by atoms with Gasteiger partial charge in [0.15, 0.2) is 0 Å². The van der Waals surface area contributed by atoms with Gasteiger partial charge in [-0.05, 0) is 17.7 Å². The molecule has 0 unspecified atom stereocenters. The minimum atomic E-state index is 0.266. The quantitative estimate of drug-likeness (QED) is 0.841. The van der Waals surface area contributed by atoms with Crippen molar-refractivity contribution in [2.45, 2.75) is 6.54 Å². The highest BCUT2D eigenvalue weighted by molar-refractivity contribution is 5.45. The Hall–Kier alpha value is -1.57. The molecule has 1 fully saturated rings. The average molecular weight is 232 g/mol. The number of nitrogens with zero attached hydrogens (tertiary/aromatic N) is 2. The first-order chi connectivity index (χ1) is 8.26. The molecule has 1 aliphatic heterocycles. The average Bonchev–Trinajstić information content (AvgIpc) is 2.32. The van der Waals surface area contributed by atoms with E-state index in [1.165, 1.54) is 0 Å². The third kappa shape index (κ3) is 2.57. The van der Waals surface area contributed by atoms with Gasteiger partial charge >= 0.3 is 0 Å². The molecular formula is C13H16N2O2. The highest BCUT2D eigenvalue weighted by Crippen LogP contribution is 2.22. The van der Waals surface area contributed by atoms with Crippen LogP contribution in [0.3, 0.4) is 0 Å². The van der Waals surface area contributed by atoms with Gasteiger partial charge in [0.05, 0.1) is 12.7 Å². The number of ether oxygens (including phenoxy) is 1. The Labute approximate surface area is 101 Å². The normalized spacial score (nSPS) is 16.3. The lowest BCUT2D eigenvalue weighted by Crippen LogP contribution is -2.47. The summed E-state index contributed by atoms with van der Waals surface area (Å²) in [5.74, 6) is 1.04. The van der Waals surface area contributed by atoms with E-state index in [9.17, 15) is 0 Å². The lowest BCUT2D eigenvalue weighted by molar-refractivity contribution is 0.0479. The van der Waals surface area contributed by atoms with Crippen LogP contribution in [0.1, 0.15) is 11.1 Å². The standard InChI is InChI=1S/C13H16N2O2/c1-17-13-3-2-10(4-12(13)5-14)6-15-7-11(8-15)9-16/h2-4,11,16H,6-9H2,1H3. The van der Waals surface area contributed by atoms with E-state index < -0.39 is 0 Å². The minimum absolute atomic E-state index is 0.266. The van der Waals surface area contributed by atoms with Crippen molar-refractivity contribution in [3.63, 3.8) is 0 Å². The van der Waals surface area contributed by atoms with Crippen LogP contribution in [0, 0.1) is 17.2 Å². The number of rotatable bonds is 4. The van der Waals surface area contributed by atoms with Crippen molar-refractivity contribution in [1.82, 2.24) is 4.90 Å². The monoisotopic (exact) mass is 232 g/mol. The van der Waals surface area contributed by atoms with Gasteiger partial charge in [-0.15, -0.1) is 0 Å². The molecule has 1 aliphatic rings. The molecule has 0 aromatic heterocycles. The Balaban J connectivity index is 2.01. The molecule has 0 atom stereocenters. The maximum atomic E-state index is 8.98. The molecule has 0 aliphatic carbocycles. The van der Waals surface area contributed by atoms with E-state index in [0.717, 1.165) is 25.2 Å². The molecule has 0 spiro atoms. The van der Waals surface area contributed by atoms with Gasteiger partial charge in [-0.25, -0.2) is 0 Å². The van der Waals surface area contributed by atoms with Crippen LogP contribution in [0.25, 0.3) is 0 Å². The van der Waals surface area contributed by atoms with Crippen molar-refractivity contribution in [2.75, 3.05) is 26.8 Å². The van der Waals surface area contributed by atoms with Crippen molar-refractivity contribution >= 4 is 0 Å². The van der Waals surface area contributed by atoms with Crippen molar-refractivity contribution in [3.05, 3.63) is 29.3 Å². The summed E-state index contributed by atoms with van der Waals surface area (Å²) in [7, 11) is 1.57. The Morgan fingerprint density at radius 1 is 1.53 bits per heavy atom. The first-order valence-electron chi connectivity index (χ1n) is 5.67. The fraction of sp³-hybridized carbons (Fsp3) is 0.462. The molecule has 0 bridgehead atoms. The minimum Gasteiger partial charge on any atom is -0.495 e. The Morgan fingerprint density at radius 3 is 2.88 bits per heavy atom. The predicted octanol–water partition coefficient (Wildman–Crippen LogP) is 0.991. The topological polar surface area (TPSA) is 56.5 Å². The second-order valence-electron chi connectivity index (χ2n) is 4.39. The summed E-state index contributed by atoms with van der Waals surface area (Å²) in [6, 6.07) is 7.81. The van der Waals surface area contributed by atoms with Crippen molar-refractivity contribution < 1.29 is 9.84 Å². The molecule has 4 heteroatoms.